The molecule has 0 spiro atoms. The SMILES string of the molecule is O=C(Cc1cccs1)N1CC[C@H]2[C@H](CCCN2C(=O)[C@H]2C[C@@H]3C=C[C@H]2C3)C1. The van der Waals surface area contributed by atoms with Crippen LogP contribution >= 0.6 is 11.3 Å². The van der Waals surface area contributed by atoms with Crippen molar-refractivity contribution >= 4 is 23.2 Å². The maximum Gasteiger partial charge on any atom is 0.227 e. The first kappa shape index (κ1) is 17.5. The molecule has 5 rings (SSSR count). The highest BCUT2D eigenvalue weighted by molar-refractivity contribution is 7.10. The molecule has 4 nitrogen and oxygen atoms in total. The molecule has 3 fully saturated rings. The van der Waals surface area contributed by atoms with Crippen LogP contribution in [0.15, 0.2) is 29.7 Å². The second-order valence-corrected chi connectivity index (χ2v) is 9.80. The molecule has 2 bridgehead atoms. The molecule has 27 heavy (non-hydrogen) atoms. The zero-order valence-electron chi connectivity index (χ0n) is 15.8. The topological polar surface area (TPSA) is 40.6 Å². The van der Waals surface area contributed by atoms with E-state index < -0.39 is 0 Å². The molecule has 3 heterocycles. The summed E-state index contributed by atoms with van der Waals surface area (Å²) in [4.78, 5) is 31.4. The van der Waals surface area contributed by atoms with Crippen molar-refractivity contribution in [3.8, 4) is 0 Å². The Bertz CT molecular complexity index is 744. The normalized spacial score (nSPS) is 34.7. The van der Waals surface area contributed by atoms with Crippen LogP contribution in [0, 0.1) is 23.7 Å². The molecule has 2 amide bonds. The number of nitrogens with zero attached hydrogens (tertiary/aromatic N) is 2. The van der Waals surface area contributed by atoms with Crippen molar-refractivity contribution in [2.75, 3.05) is 19.6 Å². The number of hydrogen-bond donors (Lipinski definition) is 0. The number of hydrogen-bond acceptors (Lipinski definition) is 3. The van der Waals surface area contributed by atoms with Gasteiger partial charge in [0.2, 0.25) is 11.8 Å². The van der Waals surface area contributed by atoms with Gasteiger partial charge in [-0.1, -0.05) is 18.2 Å². The Balaban J connectivity index is 1.23. The second kappa shape index (κ2) is 7.08. The fourth-order valence-corrected chi connectivity index (χ4v) is 6.55. The summed E-state index contributed by atoms with van der Waals surface area (Å²) >= 11 is 1.66. The number of allylic oxidation sites excluding steroid dienone is 2. The average molecular weight is 385 g/mol. The second-order valence-electron chi connectivity index (χ2n) is 8.77. The van der Waals surface area contributed by atoms with Crippen LogP contribution in [-0.4, -0.2) is 47.3 Å². The van der Waals surface area contributed by atoms with E-state index in [0.717, 1.165) is 50.2 Å². The zero-order chi connectivity index (χ0) is 18.4. The van der Waals surface area contributed by atoms with Crippen molar-refractivity contribution in [3.63, 3.8) is 0 Å². The quantitative estimate of drug-likeness (QED) is 0.750. The summed E-state index contributed by atoms with van der Waals surface area (Å²) in [6.07, 6.45) is 10.5. The van der Waals surface area contributed by atoms with Crippen LogP contribution in [0.1, 0.15) is 37.0 Å². The molecule has 5 atom stereocenters. The maximum absolute atomic E-state index is 13.3. The van der Waals surface area contributed by atoms with Crippen molar-refractivity contribution in [2.45, 2.75) is 44.6 Å². The number of amides is 2. The Morgan fingerprint density at radius 3 is 2.81 bits per heavy atom. The van der Waals surface area contributed by atoms with Gasteiger partial charge in [0.25, 0.3) is 0 Å². The molecular weight excluding hydrogens is 356 g/mol. The van der Waals surface area contributed by atoms with Crippen molar-refractivity contribution < 1.29 is 9.59 Å². The lowest BCUT2D eigenvalue weighted by Crippen LogP contribution is -2.58. The standard InChI is InChI=1S/C22H28N2O2S/c25-21(13-18-4-2-10-27-18)23-9-7-20-17(14-23)3-1-8-24(20)22(26)19-12-15-5-6-16(19)11-15/h2,4-6,10,15-17,19-20H,1,3,7-9,11-14H2/t15-,16+,17-,19+,20+/m1/s1. The van der Waals surface area contributed by atoms with Gasteiger partial charge in [-0.05, 0) is 61.3 Å². The minimum Gasteiger partial charge on any atom is -0.342 e. The number of likely N-dealkylation sites (tertiary alicyclic amines) is 2. The first-order valence-corrected chi connectivity index (χ1v) is 11.4. The fourth-order valence-electron chi connectivity index (χ4n) is 5.86. The van der Waals surface area contributed by atoms with Gasteiger partial charge in [0.1, 0.15) is 0 Å². The van der Waals surface area contributed by atoms with E-state index >= 15 is 0 Å². The third-order valence-electron chi connectivity index (χ3n) is 7.21. The minimum atomic E-state index is 0.220. The summed E-state index contributed by atoms with van der Waals surface area (Å²) in [5, 5.41) is 2.03. The fraction of sp³-hybridized carbons (Fsp3) is 0.636. The van der Waals surface area contributed by atoms with E-state index in [9.17, 15) is 9.59 Å². The lowest BCUT2D eigenvalue weighted by molar-refractivity contribution is -0.145. The Morgan fingerprint density at radius 1 is 1.15 bits per heavy atom. The number of piperidine rings is 2. The smallest absolute Gasteiger partial charge is 0.227 e. The Labute approximate surface area is 165 Å². The summed E-state index contributed by atoms with van der Waals surface area (Å²) in [6.45, 7) is 2.54. The Hall–Kier alpha value is -1.62. The number of rotatable bonds is 3. The van der Waals surface area contributed by atoms with Crippen molar-refractivity contribution in [2.24, 2.45) is 23.7 Å². The van der Waals surface area contributed by atoms with Gasteiger partial charge < -0.3 is 9.80 Å². The van der Waals surface area contributed by atoms with Crippen molar-refractivity contribution in [1.82, 2.24) is 9.80 Å². The third kappa shape index (κ3) is 3.24. The molecule has 1 aromatic rings. The average Bonchev–Trinajstić information content (AvgIpc) is 3.45. The Morgan fingerprint density at radius 2 is 2.07 bits per heavy atom. The van der Waals surface area contributed by atoms with Gasteiger partial charge in [-0.25, -0.2) is 0 Å². The van der Waals surface area contributed by atoms with E-state index in [1.165, 1.54) is 6.42 Å². The largest absolute Gasteiger partial charge is 0.342 e. The molecule has 2 aliphatic carbocycles. The van der Waals surface area contributed by atoms with Gasteiger partial charge in [0.05, 0.1) is 6.42 Å². The minimum absolute atomic E-state index is 0.220. The maximum atomic E-state index is 13.3. The van der Waals surface area contributed by atoms with E-state index in [-0.39, 0.29) is 11.8 Å². The molecule has 1 saturated carbocycles. The Kier molecular flexibility index (Phi) is 4.58. The van der Waals surface area contributed by atoms with Crippen LogP contribution < -0.4 is 0 Å². The number of carbonyl (C=O) groups is 2. The predicted molar refractivity (Wildman–Crippen MR) is 106 cm³/mol. The summed E-state index contributed by atoms with van der Waals surface area (Å²) < 4.78 is 0. The zero-order valence-corrected chi connectivity index (χ0v) is 16.6. The third-order valence-corrected chi connectivity index (χ3v) is 8.08. The van der Waals surface area contributed by atoms with Crippen molar-refractivity contribution in [3.05, 3.63) is 34.5 Å². The monoisotopic (exact) mass is 384 g/mol. The molecule has 0 N–H and O–H groups in total. The van der Waals surface area contributed by atoms with Gasteiger partial charge in [-0.3, -0.25) is 9.59 Å². The van der Waals surface area contributed by atoms with Crippen molar-refractivity contribution in [1.29, 1.82) is 0 Å². The number of carbonyl (C=O) groups excluding carboxylic acids is 2. The van der Waals surface area contributed by atoms with E-state index in [1.54, 1.807) is 11.3 Å². The van der Waals surface area contributed by atoms with Crippen LogP contribution in [0.5, 0.6) is 0 Å². The number of fused-ring (bicyclic) bond motifs is 3. The summed E-state index contributed by atoms with van der Waals surface area (Å²) in [5.41, 5.74) is 0. The van der Waals surface area contributed by atoms with Crippen LogP contribution in [-0.2, 0) is 16.0 Å². The van der Waals surface area contributed by atoms with Crippen LogP contribution in [0.2, 0.25) is 0 Å². The summed E-state index contributed by atoms with van der Waals surface area (Å²) in [7, 11) is 0. The first-order chi connectivity index (χ1) is 13.2. The molecular formula is C22H28N2O2S. The van der Waals surface area contributed by atoms with Gasteiger partial charge in [0.15, 0.2) is 0 Å². The molecule has 2 saturated heterocycles. The molecule has 0 unspecified atom stereocenters. The molecule has 5 heteroatoms. The van der Waals surface area contributed by atoms with Gasteiger partial charge >= 0.3 is 0 Å². The van der Waals surface area contributed by atoms with E-state index in [2.05, 4.69) is 22.0 Å². The lowest BCUT2D eigenvalue weighted by Gasteiger charge is -2.48. The highest BCUT2D eigenvalue weighted by Gasteiger charge is 2.45. The predicted octanol–water partition coefficient (Wildman–Crippen LogP) is 3.34. The number of thiophene rings is 1. The van der Waals surface area contributed by atoms with Gasteiger partial charge in [-0.2, -0.15) is 0 Å². The van der Waals surface area contributed by atoms with E-state index in [0.29, 0.717) is 36.1 Å². The first-order valence-electron chi connectivity index (χ1n) is 10.5. The molecule has 0 aromatic carbocycles. The molecule has 1 aromatic heterocycles. The van der Waals surface area contributed by atoms with E-state index in [4.69, 9.17) is 0 Å². The van der Waals surface area contributed by atoms with Gasteiger partial charge in [-0.15, -0.1) is 11.3 Å². The molecule has 144 valence electrons. The highest BCUT2D eigenvalue weighted by atomic mass is 32.1. The van der Waals surface area contributed by atoms with E-state index in [1.807, 2.05) is 17.5 Å². The van der Waals surface area contributed by atoms with Crippen LogP contribution in [0.3, 0.4) is 0 Å². The highest BCUT2D eigenvalue weighted by Crippen LogP contribution is 2.45. The summed E-state index contributed by atoms with van der Waals surface area (Å²) in [6, 6.07) is 4.40. The van der Waals surface area contributed by atoms with Crippen LogP contribution in [0.4, 0.5) is 0 Å². The molecule has 2 aliphatic heterocycles. The van der Waals surface area contributed by atoms with Crippen LogP contribution in [0.25, 0.3) is 0 Å². The summed E-state index contributed by atoms with van der Waals surface area (Å²) in [5.74, 6) is 2.45. The molecule has 0 radical (unpaired) electrons. The molecule has 4 aliphatic rings. The lowest BCUT2D eigenvalue weighted by atomic mass is 9.82. The van der Waals surface area contributed by atoms with Gasteiger partial charge in [0, 0.05) is 36.5 Å².